The minimum atomic E-state index is -1.03. The number of rotatable bonds is 2. The van der Waals surface area contributed by atoms with Gasteiger partial charge >= 0.3 is 0 Å². The van der Waals surface area contributed by atoms with Crippen LogP contribution in [0.25, 0.3) is 0 Å². The van der Waals surface area contributed by atoms with Gasteiger partial charge in [0.05, 0.1) is 18.8 Å². The van der Waals surface area contributed by atoms with Gasteiger partial charge in [-0.25, -0.2) is 0 Å². The molecule has 1 rings (SSSR count). The lowest BCUT2D eigenvalue weighted by molar-refractivity contribution is -0.262. The Morgan fingerprint density at radius 2 is 2.17 bits per heavy atom. The molecule has 1 heterocycles. The smallest absolute Gasteiger partial charge is 0.186 e. The highest BCUT2D eigenvalue weighted by Gasteiger charge is 2.36. The molecule has 3 N–H and O–H groups in total. The van der Waals surface area contributed by atoms with Crippen LogP contribution in [0.15, 0.2) is 0 Å². The first-order chi connectivity index (χ1) is 5.69. The average molecular weight is 178 g/mol. The summed E-state index contributed by atoms with van der Waals surface area (Å²) in [6.07, 6.45) is -2.98. The predicted molar refractivity (Wildman–Crippen MR) is 39.4 cm³/mol. The van der Waals surface area contributed by atoms with Crippen molar-refractivity contribution in [2.24, 2.45) is 0 Å². The molecule has 4 atom stereocenters. The summed E-state index contributed by atoms with van der Waals surface area (Å²) in [5.74, 6) is 0. The van der Waals surface area contributed by atoms with E-state index in [1.54, 1.807) is 0 Å². The second kappa shape index (κ2) is 4.15. The monoisotopic (exact) mass is 178 g/mol. The van der Waals surface area contributed by atoms with Crippen molar-refractivity contribution in [1.29, 1.82) is 0 Å². The van der Waals surface area contributed by atoms with Crippen molar-refractivity contribution < 1.29 is 24.8 Å². The Balaban J connectivity index is 2.52. The van der Waals surface area contributed by atoms with Gasteiger partial charge in [0, 0.05) is 13.5 Å². The summed E-state index contributed by atoms with van der Waals surface area (Å²) in [5.41, 5.74) is 0. The molecule has 1 aliphatic heterocycles. The number of hydrogen-bond acceptors (Lipinski definition) is 5. The number of aliphatic hydroxyl groups is 3. The third-order valence-corrected chi connectivity index (χ3v) is 1.94. The summed E-state index contributed by atoms with van der Waals surface area (Å²) in [4.78, 5) is 0. The quantitative estimate of drug-likeness (QED) is 0.477. The van der Waals surface area contributed by atoms with Crippen LogP contribution in [0.3, 0.4) is 0 Å². The lowest BCUT2D eigenvalue weighted by Crippen LogP contribution is -2.49. The second-order valence-electron chi connectivity index (χ2n) is 2.84. The van der Waals surface area contributed by atoms with Gasteiger partial charge in [-0.15, -0.1) is 0 Å². The van der Waals surface area contributed by atoms with Crippen LogP contribution in [0.1, 0.15) is 6.42 Å². The van der Waals surface area contributed by atoms with E-state index in [1.807, 2.05) is 0 Å². The van der Waals surface area contributed by atoms with Gasteiger partial charge in [0.2, 0.25) is 0 Å². The van der Waals surface area contributed by atoms with Crippen molar-refractivity contribution in [3.05, 3.63) is 0 Å². The van der Waals surface area contributed by atoms with Crippen LogP contribution in [-0.4, -0.2) is 53.6 Å². The normalized spacial score (nSPS) is 43.0. The highest BCUT2D eigenvalue weighted by Crippen LogP contribution is 2.20. The van der Waals surface area contributed by atoms with E-state index in [4.69, 9.17) is 14.6 Å². The van der Waals surface area contributed by atoms with Crippen LogP contribution < -0.4 is 0 Å². The van der Waals surface area contributed by atoms with Crippen LogP contribution in [0.4, 0.5) is 0 Å². The molecule has 1 aliphatic rings. The summed E-state index contributed by atoms with van der Waals surface area (Å²) in [6, 6.07) is 0. The summed E-state index contributed by atoms with van der Waals surface area (Å²) in [7, 11) is 1.38. The zero-order valence-corrected chi connectivity index (χ0v) is 6.88. The zero-order chi connectivity index (χ0) is 9.14. The predicted octanol–water partition coefficient (Wildman–Crippen LogP) is -1.54. The third-order valence-electron chi connectivity index (χ3n) is 1.94. The maximum Gasteiger partial charge on any atom is 0.186 e. The van der Waals surface area contributed by atoms with E-state index in [0.717, 1.165) is 0 Å². The van der Waals surface area contributed by atoms with Gasteiger partial charge in [0.1, 0.15) is 6.10 Å². The molecule has 1 fully saturated rings. The van der Waals surface area contributed by atoms with Crippen molar-refractivity contribution in [1.82, 2.24) is 0 Å². The maximum atomic E-state index is 9.27. The van der Waals surface area contributed by atoms with Crippen molar-refractivity contribution in [3.63, 3.8) is 0 Å². The van der Waals surface area contributed by atoms with Crippen molar-refractivity contribution >= 4 is 0 Å². The summed E-state index contributed by atoms with van der Waals surface area (Å²) in [5, 5.41) is 27.3. The SMILES string of the molecule is CO[C@H]1O[C@@H](CO)C[C@H](O)[C@@H]1O. The Morgan fingerprint density at radius 1 is 1.50 bits per heavy atom. The average Bonchev–Trinajstić information content (AvgIpc) is 2.09. The fourth-order valence-electron chi connectivity index (χ4n) is 1.23. The summed E-state index contributed by atoms with van der Waals surface area (Å²) >= 11 is 0. The number of ether oxygens (including phenoxy) is 2. The van der Waals surface area contributed by atoms with E-state index in [0.29, 0.717) is 0 Å². The lowest BCUT2D eigenvalue weighted by Gasteiger charge is -2.35. The van der Waals surface area contributed by atoms with Crippen LogP contribution in [-0.2, 0) is 9.47 Å². The fraction of sp³-hybridized carbons (Fsp3) is 1.00. The molecule has 0 aromatic carbocycles. The van der Waals surface area contributed by atoms with Gasteiger partial charge in [-0.1, -0.05) is 0 Å². The van der Waals surface area contributed by atoms with E-state index < -0.39 is 24.6 Å². The van der Waals surface area contributed by atoms with E-state index in [-0.39, 0.29) is 13.0 Å². The van der Waals surface area contributed by atoms with Gasteiger partial charge in [0.15, 0.2) is 6.29 Å². The van der Waals surface area contributed by atoms with Crippen LogP contribution in [0.5, 0.6) is 0 Å². The highest BCUT2D eigenvalue weighted by molar-refractivity contribution is 4.80. The molecule has 0 amide bonds. The van der Waals surface area contributed by atoms with Crippen LogP contribution in [0.2, 0.25) is 0 Å². The largest absolute Gasteiger partial charge is 0.394 e. The Kier molecular flexibility index (Phi) is 3.42. The molecule has 72 valence electrons. The molecule has 0 aliphatic carbocycles. The summed E-state index contributed by atoms with van der Waals surface area (Å²) < 4.78 is 9.85. The van der Waals surface area contributed by atoms with Gasteiger partial charge in [0.25, 0.3) is 0 Å². The highest BCUT2D eigenvalue weighted by atomic mass is 16.7. The van der Waals surface area contributed by atoms with E-state index >= 15 is 0 Å². The topological polar surface area (TPSA) is 79.2 Å². The molecule has 0 bridgehead atoms. The first-order valence-corrected chi connectivity index (χ1v) is 3.84. The zero-order valence-electron chi connectivity index (χ0n) is 6.88. The Bertz CT molecular complexity index is 140. The van der Waals surface area contributed by atoms with Crippen LogP contribution >= 0.6 is 0 Å². The number of hydrogen-bond donors (Lipinski definition) is 3. The minimum absolute atomic E-state index is 0.177. The molecular weight excluding hydrogens is 164 g/mol. The van der Waals surface area contributed by atoms with Crippen LogP contribution in [0, 0.1) is 0 Å². The Labute approximate surface area is 70.5 Å². The maximum absolute atomic E-state index is 9.27. The standard InChI is InChI=1S/C7H14O5/c1-11-7-6(10)5(9)2-4(3-8)12-7/h4-10H,2-3H2,1H3/t4-,5+,6+,7+/m1/s1. The second-order valence-corrected chi connectivity index (χ2v) is 2.84. The molecule has 0 unspecified atom stereocenters. The third kappa shape index (κ3) is 1.94. The first kappa shape index (κ1) is 9.88. The van der Waals surface area contributed by atoms with Gasteiger partial charge in [-0.3, -0.25) is 0 Å². The number of aliphatic hydroxyl groups excluding tert-OH is 3. The molecule has 0 aromatic heterocycles. The fourth-order valence-corrected chi connectivity index (χ4v) is 1.23. The van der Waals surface area contributed by atoms with E-state index in [9.17, 15) is 10.2 Å². The van der Waals surface area contributed by atoms with Gasteiger partial charge in [-0.2, -0.15) is 0 Å². The Hall–Kier alpha value is -0.200. The summed E-state index contributed by atoms with van der Waals surface area (Å²) in [6.45, 7) is -0.177. The van der Waals surface area contributed by atoms with Crippen molar-refractivity contribution in [2.75, 3.05) is 13.7 Å². The van der Waals surface area contributed by atoms with Crippen molar-refractivity contribution in [2.45, 2.75) is 31.0 Å². The molecule has 12 heavy (non-hydrogen) atoms. The lowest BCUT2D eigenvalue weighted by atomic mass is 10.0. The molecule has 5 heteroatoms. The van der Waals surface area contributed by atoms with E-state index in [1.165, 1.54) is 7.11 Å². The molecule has 0 spiro atoms. The molecule has 0 saturated carbocycles. The molecule has 1 saturated heterocycles. The van der Waals surface area contributed by atoms with E-state index in [2.05, 4.69) is 0 Å². The minimum Gasteiger partial charge on any atom is -0.394 e. The Morgan fingerprint density at radius 3 is 2.67 bits per heavy atom. The molecular formula is C7H14O5. The molecule has 5 nitrogen and oxygen atoms in total. The number of methoxy groups -OCH3 is 1. The van der Waals surface area contributed by atoms with Gasteiger partial charge in [-0.05, 0) is 0 Å². The van der Waals surface area contributed by atoms with Gasteiger partial charge < -0.3 is 24.8 Å². The first-order valence-electron chi connectivity index (χ1n) is 3.84. The van der Waals surface area contributed by atoms with Crippen molar-refractivity contribution in [3.8, 4) is 0 Å². The molecule has 0 radical (unpaired) electrons. The molecule has 0 aromatic rings.